The van der Waals surface area contributed by atoms with Crippen molar-refractivity contribution in [3.63, 3.8) is 0 Å². The number of Topliss-reactive ketones (excluding diaryl/α,β-unsaturated/α-hetero) is 2. The molecule has 0 aromatic heterocycles. The number of rotatable bonds is 8. The number of alkyl halides is 1. The maximum Gasteiger partial charge on any atom is 0.255 e. The Kier molecular flexibility index (Phi) is 7.80. The van der Waals surface area contributed by atoms with Gasteiger partial charge in [0.25, 0.3) is 5.91 Å². The first kappa shape index (κ1) is 30.2. The second kappa shape index (κ2) is 11.1. The number of nitrogens with zero attached hydrogens (tertiary/aromatic N) is 1. The first-order valence-electron chi connectivity index (χ1n) is 13.8. The zero-order chi connectivity index (χ0) is 31.4. The third-order valence-electron chi connectivity index (χ3n) is 8.76. The minimum absolute atomic E-state index is 0.0226. The van der Waals surface area contributed by atoms with E-state index in [4.69, 9.17) is 10.5 Å². The van der Waals surface area contributed by atoms with Crippen molar-refractivity contribution in [3.05, 3.63) is 69.7 Å². The third-order valence-corrected chi connectivity index (χ3v) is 8.76. The average Bonchev–Trinajstić information content (AvgIpc) is 2.95. The van der Waals surface area contributed by atoms with E-state index in [-0.39, 0.29) is 36.3 Å². The van der Waals surface area contributed by atoms with Gasteiger partial charge in [-0.25, -0.2) is 4.39 Å². The number of halogens is 1. The lowest BCUT2D eigenvalue weighted by atomic mass is 9.58. The molecular weight excluding hydrogens is 561 g/mol. The summed E-state index contributed by atoms with van der Waals surface area (Å²) in [5.41, 5.74) is 4.02. The van der Waals surface area contributed by atoms with Gasteiger partial charge in [0, 0.05) is 30.1 Å². The number of phenolic OH excluding ortho intramolecular Hbond substituents is 1. The van der Waals surface area contributed by atoms with Crippen LogP contribution in [0.4, 0.5) is 4.39 Å². The standard InChI is InChI=1S/C31H34FN3O8/c1-35(2)25-19-12-15-11-18-16(17-10-14(13-34-9-8-32)4-7-21(17)43-3)5-6-20(36)23(18)26(37)22(15)28(39)31(19,42)29(40)24(27(25)38)30(33)41/h4-7,10,15,19,25,34,36,38-39,42H,8-9,11-13H2,1-3H3,(H2,33,41)/t15-,19+,25?,31+/m0/s1. The van der Waals surface area contributed by atoms with E-state index in [0.717, 1.165) is 5.56 Å². The number of phenols is 1. The lowest BCUT2D eigenvalue weighted by Gasteiger charge is -2.50. The smallest absolute Gasteiger partial charge is 0.255 e. The first-order chi connectivity index (χ1) is 20.4. The number of ether oxygens (including phenoxy) is 1. The number of carbonyl (C=O) groups is 3. The van der Waals surface area contributed by atoms with E-state index < -0.39 is 64.7 Å². The fraction of sp³-hybridized carbons (Fsp3) is 0.387. The number of ketones is 2. The number of aliphatic hydroxyl groups is 3. The lowest BCUT2D eigenvalue weighted by Crippen LogP contribution is -2.63. The Labute approximate surface area is 247 Å². The fourth-order valence-electron chi connectivity index (χ4n) is 6.88. The van der Waals surface area contributed by atoms with Crippen molar-refractivity contribution in [2.45, 2.75) is 31.0 Å². The summed E-state index contributed by atoms with van der Waals surface area (Å²) in [6.07, 6.45) is 0.108. The number of nitrogens with one attached hydrogen (secondary N) is 1. The lowest BCUT2D eigenvalue weighted by molar-refractivity contribution is -0.148. The van der Waals surface area contributed by atoms with Crippen LogP contribution in [0.2, 0.25) is 0 Å². The topological polar surface area (TPSA) is 183 Å². The van der Waals surface area contributed by atoms with E-state index >= 15 is 0 Å². The van der Waals surface area contributed by atoms with E-state index in [0.29, 0.717) is 29.0 Å². The summed E-state index contributed by atoms with van der Waals surface area (Å²) >= 11 is 0. The van der Waals surface area contributed by atoms with Crippen molar-refractivity contribution >= 4 is 17.5 Å². The number of methoxy groups -OCH3 is 1. The highest BCUT2D eigenvalue weighted by Crippen LogP contribution is 2.53. The normalized spacial score (nSPS) is 25.0. The minimum Gasteiger partial charge on any atom is -0.510 e. The molecule has 5 rings (SSSR count). The number of hydrogen-bond donors (Lipinski definition) is 6. The highest BCUT2D eigenvalue weighted by Gasteiger charge is 2.63. The summed E-state index contributed by atoms with van der Waals surface area (Å²) in [6.45, 7) is 0.0445. The molecule has 0 heterocycles. The Bertz CT molecular complexity index is 1600. The van der Waals surface area contributed by atoms with Gasteiger partial charge < -0.3 is 36.2 Å². The molecule has 12 heteroatoms. The SMILES string of the molecule is COc1ccc(CNCCF)cc1-c1ccc(O)c2c1C[C@H]1C[C@@H]3C(N(C)C)C(O)=C(C(N)=O)C(=O)[C@]3(O)C(O)=C1C2=O. The number of aliphatic hydroxyl groups excluding tert-OH is 2. The van der Waals surface area contributed by atoms with Crippen LogP contribution in [0, 0.1) is 11.8 Å². The molecule has 0 fully saturated rings. The number of benzene rings is 2. The highest BCUT2D eigenvalue weighted by molar-refractivity contribution is 6.25. The molecule has 0 saturated carbocycles. The van der Waals surface area contributed by atoms with Gasteiger partial charge in [-0.3, -0.25) is 19.3 Å². The Morgan fingerprint density at radius 1 is 1.16 bits per heavy atom. The summed E-state index contributed by atoms with van der Waals surface area (Å²) in [6, 6.07) is 7.35. The first-order valence-corrected chi connectivity index (χ1v) is 13.8. The van der Waals surface area contributed by atoms with Crippen LogP contribution >= 0.6 is 0 Å². The molecule has 0 radical (unpaired) electrons. The van der Waals surface area contributed by atoms with Gasteiger partial charge in [-0.2, -0.15) is 0 Å². The van der Waals surface area contributed by atoms with E-state index in [1.165, 1.54) is 18.1 Å². The molecule has 2 aromatic carbocycles. The molecule has 43 heavy (non-hydrogen) atoms. The quantitative estimate of drug-likeness (QED) is 0.195. The van der Waals surface area contributed by atoms with Gasteiger partial charge in [-0.05, 0) is 67.7 Å². The summed E-state index contributed by atoms with van der Waals surface area (Å²) in [5.74, 6) is -6.59. The molecule has 1 unspecified atom stereocenters. The highest BCUT2D eigenvalue weighted by atomic mass is 19.1. The van der Waals surface area contributed by atoms with Gasteiger partial charge in [0.1, 0.15) is 35.3 Å². The molecule has 4 atom stereocenters. The average molecular weight is 596 g/mol. The molecule has 1 amide bonds. The molecule has 0 bridgehead atoms. The van der Waals surface area contributed by atoms with Crippen LogP contribution in [0.5, 0.6) is 11.5 Å². The number of fused-ring (bicyclic) bond motifs is 3. The number of nitrogens with two attached hydrogens (primary N) is 1. The van der Waals surface area contributed by atoms with Crippen molar-refractivity contribution in [1.29, 1.82) is 0 Å². The summed E-state index contributed by atoms with van der Waals surface area (Å²) in [4.78, 5) is 41.2. The van der Waals surface area contributed by atoms with Gasteiger partial charge in [0.05, 0.1) is 18.7 Å². The number of allylic oxidation sites excluding steroid dienone is 1. The van der Waals surface area contributed by atoms with Gasteiger partial charge in [-0.1, -0.05) is 12.1 Å². The fourth-order valence-corrected chi connectivity index (χ4v) is 6.88. The van der Waals surface area contributed by atoms with E-state index in [1.807, 2.05) is 12.1 Å². The third kappa shape index (κ3) is 4.57. The maximum atomic E-state index is 14.0. The number of likely N-dealkylation sites (N-methyl/N-ethyl adjacent to an activating group) is 1. The molecule has 11 nitrogen and oxygen atoms in total. The van der Waals surface area contributed by atoms with Crippen LogP contribution in [0.15, 0.2) is 53.0 Å². The summed E-state index contributed by atoms with van der Waals surface area (Å²) < 4.78 is 18.3. The zero-order valence-electron chi connectivity index (χ0n) is 24.0. The molecule has 228 valence electrons. The number of primary amides is 1. The second-order valence-corrected chi connectivity index (χ2v) is 11.3. The molecule has 0 saturated heterocycles. The number of aromatic hydroxyl groups is 1. The van der Waals surface area contributed by atoms with Crippen LogP contribution < -0.4 is 15.8 Å². The maximum absolute atomic E-state index is 14.0. The molecule has 2 aromatic rings. The van der Waals surface area contributed by atoms with Crippen LogP contribution in [0.3, 0.4) is 0 Å². The van der Waals surface area contributed by atoms with Crippen molar-refractivity contribution in [2.24, 2.45) is 17.6 Å². The molecular formula is C31H34FN3O8. The van der Waals surface area contributed by atoms with Gasteiger partial charge >= 0.3 is 0 Å². The number of carbonyl (C=O) groups excluding carboxylic acids is 3. The van der Waals surface area contributed by atoms with Crippen molar-refractivity contribution < 1.29 is 43.9 Å². The molecule has 7 N–H and O–H groups in total. The Morgan fingerprint density at radius 2 is 1.88 bits per heavy atom. The number of hydrogen-bond acceptors (Lipinski definition) is 10. The zero-order valence-corrected chi connectivity index (χ0v) is 24.0. The monoisotopic (exact) mass is 595 g/mol. The molecule has 0 aliphatic heterocycles. The van der Waals surface area contributed by atoms with Crippen molar-refractivity contribution in [1.82, 2.24) is 10.2 Å². The van der Waals surface area contributed by atoms with E-state index in [1.54, 1.807) is 26.2 Å². The van der Waals surface area contributed by atoms with Crippen LogP contribution in [0.1, 0.15) is 27.9 Å². The minimum atomic E-state index is -2.71. The second-order valence-electron chi connectivity index (χ2n) is 11.3. The number of amides is 1. The summed E-state index contributed by atoms with van der Waals surface area (Å²) in [5, 5.41) is 48.1. The largest absolute Gasteiger partial charge is 0.510 e. The molecule has 3 aliphatic carbocycles. The van der Waals surface area contributed by atoms with Gasteiger partial charge in [0.2, 0.25) is 5.78 Å². The van der Waals surface area contributed by atoms with Crippen molar-refractivity contribution in [3.8, 4) is 22.6 Å². The molecule has 3 aliphatic rings. The van der Waals surface area contributed by atoms with Gasteiger partial charge in [-0.15, -0.1) is 0 Å². The van der Waals surface area contributed by atoms with E-state index in [2.05, 4.69) is 5.32 Å². The van der Waals surface area contributed by atoms with E-state index in [9.17, 15) is 39.2 Å². The Hall–Kier alpha value is -4.26. The predicted octanol–water partition coefficient (Wildman–Crippen LogP) is 1.86. The molecule has 0 spiro atoms. The summed E-state index contributed by atoms with van der Waals surface area (Å²) in [7, 11) is 4.65. The Balaban J connectivity index is 1.68. The van der Waals surface area contributed by atoms with Crippen molar-refractivity contribution in [2.75, 3.05) is 34.4 Å². The Morgan fingerprint density at radius 3 is 2.51 bits per heavy atom. The van der Waals surface area contributed by atoms with Crippen LogP contribution in [-0.2, 0) is 22.6 Å². The van der Waals surface area contributed by atoms with Crippen LogP contribution in [-0.4, -0.2) is 88.9 Å². The van der Waals surface area contributed by atoms with Gasteiger partial charge in [0.15, 0.2) is 11.4 Å². The van der Waals surface area contributed by atoms with Crippen LogP contribution in [0.25, 0.3) is 11.1 Å². The predicted molar refractivity (Wildman–Crippen MR) is 153 cm³/mol.